The molecular formula is C8H6Cl2O3Si. The molecule has 0 bridgehead atoms. The molecule has 0 atom stereocenters. The maximum atomic E-state index is 10.2. The molecule has 0 unspecified atom stereocenters. The second kappa shape index (κ2) is 5.90. The maximum Gasteiger partial charge on any atom is 0.341 e. The minimum Gasteiger partial charge on any atom is -0.480 e. The van der Waals surface area contributed by atoms with Gasteiger partial charge in [-0.3, -0.25) is 0 Å². The summed E-state index contributed by atoms with van der Waals surface area (Å²) < 4.78 is 4.86. The van der Waals surface area contributed by atoms with Gasteiger partial charge < -0.3 is 9.84 Å². The van der Waals surface area contributed by atoms with Crippen molar-refractivity contribution in [2.24, 2.45) is 0 Å². The van der Waals surface area contributed by atoms with Gasteiger partial charge in [-0.05, 0) is 18.2 Å². The highest BCUT2D eigenvalue weighted by molar-refractivity contribution is 6.35. The van der Waals surface area contributed by atoms with Gasteiger partial charge in [-0.15, -0.1) is 0 Å². The van der Waals surface area contributed by atoms with Crippen molar-refractivity contribution in [1.29, 1.82) is 0 Å². The van der Waals surface area contributed by atoms with Gasteiger partial charge in [0.25, 0.3) is 0 Å². The Balaban J connectivity index is 0.00000169. The van der Waals surface area contributed by atoms with Crippen molar-refractivity contribution in [3.8, 4) is 5.75 Å². The van der Waals surface area contributed by atoms with Crippen LogP contribution < -0.4 is 4.74 Å². The molecule has 0 aliphatic carbocycles. The molecule has 0 aliphatic rings. The van der Waals surface area contributed by atoms with Crippen molar-refractivity contribution in [2.75, 3.05) is 6.61 Å². The number of hydrogen-bond donors (Lipinski definition) is 1. The van der Waals surface area contributed by atoms with Crippen LogP contribution in [-0.4, -0.2) is 28.6 Å². The lowest BCUT2D eigenvalue weighted by atomic mass is 10.3. The van der Waals surface area contributed by atoms with Crippen molar-refractivity contribution in [3.63, 3.8) is 0 Å². The Hall–Kier alpha value is -0.713. The molecule has 0 saturated carbocycles. The summed E-state index contributed by atoms with van der Waals surface area (Å²) in [5.74, 6) is -0.737. The Morgan fingerprint density at radius 3 is 2.57 bits per heavy atom. The van der Waals surface area contributed by atoms with Crippen LogP contribution >= 0.6 is 23.2 Å². The molecule has 6 heteroatoms. The summed E-state index contributed by atoms with van der Waals surface area (Å²) in [6.45, 7) is -0.415. The number of ether oxygens (including phenoxy) is 1. The molecule has 0 spiro atoms. The van der Waals surface area contributed by atoms with Crippen LogP contribution in [-0.2, 0) is 4.79 Å². The van der Waals surface area contributed by atoms with Crippen LogP contribution in [0.15, 0.2) is 18.2 Å². The zero-order chi connectivity index (χ0) is 9.84. The van der Waals surface area contributed by atoms with E-state index >= 15 is 0 Å². The van der Waals surface area contributed by atoms with Crippen LogP contribution in [0.1, 0.15) is 0 Å². The van der Waals surface area contributed by atoms with Crippen molar-refractivity contribution in [1.82, 2.24) is 0 Å². The molecule has 0 saturated heterocycles. The van der Waals surface area contributed by atoms with Crippen molar-refractivity contribution in [3.05, 3.63) is 28.2 Å². The number of carboxylic acid groups (broad SMARTS) is 1. The zero-order valence-electron chi connectivity index (χ0n) is 6.96. The second-order valence-corrected chi connectivity index (χ2v) is 3.10. The molecule has 1 aromatic carbocycles. The first-order chi connectivity index (χ1) is 6.09. The molecule has 0 amide bonds. The van der Waals surface area contributed by atoms with Gasteiger partial charge >= 0.3 is 5.97 Å². The highest BCUT2D eigenvalue weighted by Gasteiger charge is 2.04. The van der Waals surface area contributed by atoms with E-state index < -0.39 is 12.6 Å². The van der Waals surface area contributed by atoms with Gasteiger partial charge in [0.1, 0.15) is 5.75 Å². The summed E-state index contributed by atoms with van der Waals surface area (Å²) >= 11 is 11.3. The fourth-order valence-electron chi connectivity index (χ4n) is 0.732. The van der Waals surface area contributed by atoms with Gasteiger partial charge in [-0.25, -0.2) is 4.79 Å². The predicted molar refractivity (Wildman–Crippen MR) is 55.3 cm³/mol. The third-order valence-electron chi connectivity index (χ3n) is 1.25. The predicted octanol–water partition coefficient (Wildman–Crippen LogP) is 2.08. The van der Waals surface area contributed by atoms with Crippen molar-refractivity contribution >= 4 is 40.1 Å². The normalized spacial score (nSPS) is 9.00. The van der Waals surface area contributed by atoms with E-state index in [0.717, 1.165) is 0 Å². The zero-order valence-corrected chi connectivity index (χ0v) is 9.47. The van der Waals surface area contributed by atoms with Crippen LogP contribution in [0.4, 0.5) is 0 Å². The van der Waals surface area contributed by atoms with Gasteiger partial charge in [0.05, 0.1) is 5.02 Å². The Kier molecular flexibility index (Phi) is 5.60. The summed E-state index contributed by atoms with van der Waals surface area (Å²) in [5.41, 5.74) is 0. The second-order valence-electron chi connectivity index (χ2n) is 2.26. The number of carboxylic acids is 1. The van der Waals surface area contributed by atoms with Crippen LogP contribution in [0.5, 0.6) is 5.75 Å². The van der Waals surface area contributed by atoms with E-state index in [1.807, 2.05) is 0 Å². The van der Waals surface area contributed by atoms with Crippen LogP contribution in [0, 0.1) is 0 Å². The average molecular weight is 249 g/mol. The quantitative estimate of drug-likeness (QED) is 0.834. The summed E-state index contributed by atoms with van der Waals surface area (Å²) in [4.78, 5) is 10.2. The lowest BCUT2D eigenvalue weighted by Crippen LogP contribution is -2.09. The molecule has 1 rings (SSSR count). The van der Waals surface area contributed by atoms with E-state index in [2.05, 4.69) is 0 Å². The van der Waals surface area contributed by atoms with E-state index in [1.54, 1.807) is 6.07 Å². The lowest BCUT2D eigenvalue weighted by molar-refractivity contribution is -0.139. The third-order valence-corrected chi connectivity index (χ3v) is 1.78. The molecule has 1 aromatic rings. The fraction of sp³-hybridized carbons (Fsp3) is 0.125. The smallest absolute Gasteiger partial charge is 0.341 e. The molecule has 0 aliphatic heterocycles. The number of hydrogen-bond acceptors (Lipinski definition) is 2. The Bertz CT molecular complexity index is 330. The monoisotopic (exact) mass is 248 g/mol. The van der Waals surface area contributed by atoms with Crippen LogP contribution in [0.3, 0.4) is 0 Å². The minimum absolute atomic E-state index is 0. The molecule has 1 N–H and O–H groups in total. The summed E-state index contributed by atoms with van der Waals surface area (Å²) in [5, 5.41) is 9.11. The van der Waals surface area contributed by atoms with Gasteiger partial charge in [0.15, 0.2) is 6.61 Å². The van der Waals surface area contributed by atoms with E-state index in [-0.39, 0.29) is 11.0 Å². The largest absolute Gasteiger partial charge is 0.480 e. The fourth-order valence-corrected chi connectivity index (χ4v) is 1.19. The number of halogens is 2. The van der Waals surface area contributed by atoms with Crippen molar-refractivity contribution in [2.45, 2.75) is 0 Å². The average Bonchev–Trinajstić information content (AvgIpc) is 2.02. The van der Waals surface area contributed by atoms with Gasteiger partial charge in [-0.2, -0.15) is 0 Å². The van der Waals surface area contributed by atoms with Gasteiger partial charge in [0.2, 0.25) is 0 Å². The summed E-state index contributed by atoms with van der Waals surface area (Å²) in [6.07, 6.45) is 0. The SMILES string of the molecule is O=C(O)COc1ccc(Cl)cc1Cl.[Si]. The third kappa shape index (κ3) is 4.00. The molecule has 0 heterocycles. The Morgan fingerprint density at radius 1 is 1.43 bits per heavy atom. The highest BCUT2D eigenvalue weighted by Crippen LogP contribution is 2.27. The molecule has 0 aromatic heterocycles. The van der Waals surface area contributed by atoms with Crippen LogP contribution in [0.25, 0.3) is 0 Å². The summed E-state index contributed by atoms with van der Waals surface area (Å²) in [6, 6.07) is 4.58. The molecule has 0 fully saturated rings. The van der Waals surface area contributed by atoms with Gasteiger partial charge in [0, 0.05) is 16.0 Å². The van der Waals surface area contributed by atoms with Gasteiger partial charge in [-0.1, -0.05) is 23.2 Å². The molecule has 3 nitrogen and oxygen atoms in total. The van der Waals surface area contributed by atoms with Crippen LogP contribution in [0.2, 0.25) is 10.0 Å². The number of aliphatic carboxylic acids is 1. The van der Waals surface area contributed by atoms with E-state index in [0.29, 0.717) is 15.8 Å². The first-order valence-electron chi connectivity index (χ1n) is 3.39. The first kappa shape index (κ1) is 13.3. The van der Waals surface area contributed by atoms with Crippen molar-refractivity contribution < 1.29 is 14.6 Å². The minimum atomic E-state index is -1.05. The topological polar surface area (TPSA) is 46.5 Å². The standard InChI is InChI=1S/C8H6Cl2O3.Si/c9-5-1-2-7(6(10)3-5)13-4-8(11)12;/h1-3H,4H2,(H,11,12);. The molecular weight excluding hydrogens is 243 g/mol. The lowest BCUT2D eigenvalue weighted by Gasteiger charge is -2.04. The summed E-state index contributed by atoms with van der Waals surface area (Å²) in [7, 11) is 0. The number of benzene rings is 1. The van der Waals surface area contributed by atoms with E-state index in [4.69, 9.17) is 33.0 Å². The number of carbonyl (C=O) groups is 1. The van der Waals surface area contributed by atoms with E-state index in [1.165, 1.54) is 12.1 Å². The molecule has 74 valence electrons. The Morgan fingerprint density at radius 2 is 2.07 bits per heavy atom. The number of rotatable bonds is 3. The molecule has 4 radical (unpaired) electrons. The van der Waals surface area contributed by atoms with E-state index in [9.17, 15) is 4.79 Å². The maximum absolute atomic E-state index is 10.2. The Labute approximate surface area is 95.6 Å². The first-order valence-corrected chi connectivity index (χ1v) is 4.15. The molecule has 14 heavy (non-hydrogen) atoms. The highest BCUT2D eigenvalue weighted by atomic mass is 35.5.